The molecule has 42 heavy (non-hydrogen) atoms. The molecule has 1 aliphatic heterocycles. The van der Waals surface area contributed by atoms with Crippen LogP contribution in [0.25, 0.3) is 10.9 Å². The van der Waals surface area contributed by atoms with E-state index in [4.69, 9.17) is 4.74 Å². The molecule has 0 unspecified atom stereocenters. The van der Waals surface area contributed by atoms with Crippen LogP contribution in [0.1, 0.15) is 12.8 Å². The van der Waals surface area contributed by atoms with Crippen LogP contribution in [0.4, 0.5) is 15.9 Å². The van der Waals surface area contributed by atoms with Crippen molar-refractivity contribution >= 4 is 38.3 Å². The van der Waals surface area contributed by atoms with Crippen molar-refractivity contribution < 1.29 is 75.1 Å². The minimum Gasteiger partial charge on any atom is -0.435 e. The molecular formula is C22H24BrFN4O14. The first-order chi connectivity index (χ1) is 19.1. The van der Waals surface area contributed by atoms with Gasteiger partial charge in [0.2, 0.25) is 11.8 Å². The fourth-order valence-electron chi connectivity index (χ4n) is 4.38. The standard InChI is InChI=1S/C22H24BrFN4O14/c23-10-1-2-13(12(24)3-10)27-17-11-4-15(42-22(38,39)40)16(5-14(11)25-8-26-17)41-20(33,34)9-6-18(29,30)28(21(35,36)37)19(31,32)7-9/h1-5,8-9,29-40H,6-7H2,(H,25,26,27). The lowest BCUT2D eigenvalue weighted by molar-refractivity contribution is -0.548. The SMILES string of the molecule is OC(O)(O)Oc1cc2c(Nc3ccc(Br)cc3F)ncnc2cc1OC(O)(O)C1CC(O)(O)N(C(O)(O)O)C(O)(O)C1. The molecule has 230 valence electrons. The van der Waals surface area contributed by atoms with E-state index in [-0.39, 0.29) is 22.4 Å². The predicted molar refractivity (Wildman–Crippen MR) is 133 cm³/mol. The normalized spacial score (nSPS) is 18.2. The second kappa shape index (κ2) is 10.7. The minimum absolute atomic E-state index is 0.0270. The van der Waals surface area contributed by atoms with E-state index in [1.807, 2.05) is 0 Å². The van der Waals surface area contributed by atoms with Crippen LogP contribution in [0.15, 0.2) is 41.1 Å². The smallest absolute Gasteiger partial charge is 0.435 e. The summed E-state index contributed by atoms with van der Waals surface area (Å²) in [6.07, 6.45) is -9.76. The van der Waals surface area contributed by atoms with Crippen LogP contribution in [0.3, 0.4) is 0 Å². The van der Waals surface area contributed by atoms with E-state index < -0.39 is 71.0 Å². The number of halogens is 2. The number of hydrogen-bond donors (Lipinski definition) is 13. The predicted octanol–water partition coefficient (Wildman–Crippen LogP) is -3.16. The van der Waals surface area contributed by atoms with Gasteiger partial charge in [0.1, 0.15) is 18.0 Å². The molecule has 2 heterocycles. The molecule has 1 aliphatic rings. The van der Waals surface area contributed by atoms with Gasteiger partial charge in [0.05, 0.1) is 17.1 Å². The first-order valence-electron chi connectivity index (χ1n) is 11.5. The summed E-state index contributed by atoms with van der Waals surface area (Å²) in [6, 6.07) is 5.83. The molecule has 0 bridgehead atoms. The number of nitrogens with zero attached hydrogens (tertiary/aromatic N) is 3. The topological polar surface area (TPSA) is 302 Å². The molecule has 13 N–H and O–H groups in total. The maximum absolute atomic E-state index is 14.4. The van der Waals surface area contributed by atoms with Gasteiger partial charge in [-0.3, -0.25) is 0 Å². The van der Waals surface area contributed by atoms with E-state index in [1.54, 1.807) is 0 Å². The molecule has 4 rings (SSSR count). The fraction of sp³-hybridized carbons (Fsp3) is 0.364. The minimum atomic E-state index is -4.21. The quantitative estimate of drug-likeness (QED) is 0.105. The van der Waals surface area contributed by atoms with E-state index in [2.05, 4.69) is 36.0 Å². The number of hydrogen-bond acceptors (Lipinski definition) is 18. The molecule has 1 saturated heterocycles. The van der Waals surface area contributed by atoms with Crippen molar-refractivity contribution in [1.82, 2.24) is 14.9 Å². The largest absolute Gasteiger partial charge is 0.453 e. The Labute approximate surface area is 241 Å². The molecule has 0 amide bonds. The van der Waals surface area contributed by atoms with Crippen molar-refractivity contribution in [3.63, 3.8) is 0 Å². The number of aromatic nitrogens is 2. The van der Waals surface area contributed by atoms with Crippen LogP contribution < -0.4 is 14.8 Å². The number of benzene rings is 2. The van der Waals surface area contributed by atoms with Gasteiger partial charge in [-0.2, -0.15) is 0 Å². The highest BCUT2D eigenvalue weighted by Gasteiger charge is 2.64. The Kier molecular flexibility index (Phi) is 8.12. The number of anilines is 2. The number of ether oxygens (including phenoxy) is 2. The van der Waals surface area contributed by atoms with Gasteiger partial charge >= 0.3 is 18.2 Å². The van der Waals surface area contributed by atoms with Crippen LogP contribution >= 0.6 is 15.9 Å². The molecule has 0 radical (unpaired) electrons. The summed E-state index contributed by atoms with van der Waals surface area (Å²) in [6.45, 7) is 0. The summed E-state index contributed by atoms with van der Waals surface area (Å²) in [7, 11) is 0. The van der Waals surface area contributed by atoms with Gasteiger partial charge in [-0.25, -0.2) is 14.4 Å². The summed E-state index contributed by atoms with van der Waals surface area (Å²) < 4.78 is 24.5. The molecule has 20 heteroatoms. The molecule has 1 fully saturated rings. The van der Waals surface area contributed by atoms with Gasteiger partial charge in [0.25, 0.3) is 0 Å². The zero-order chi connectivity index (χ0) is 31.5. The Morgan fingerprint density at radius 2 is 1.48 bits per heavy atom. The molecule has 3 aromatic rings. The summed E-state index contributed by atoms with van der Waals surface area (Å²) in [4.78, 5) is 7.17. The maximum Gasteiger partial charge on any atom is 0.453 e. The molecule has 0 spiro atoms. The summed E-state index contributed by atoms with van der Waals surface area (Å²) in [5, 5.41) is 121. The number of fused-ring (bicyclic) bond motifs is 1. The second-order valence-electron chi connectivity index (χ2n) is 9.31. The third-order valence-electron chi connectivity index (χ3n) is 5.98. The average Bonchev–Trinajstić information content (AvgIpc) is 2.77. The highest BCUT2D eigenvalue weighted by atomic mass is 79.9. The van der Waals surface area contributed by atoms with Crippen LogP contribution in [0.2, 0.25) is 0 Å². The molecule has 2 aromatic carbocycles. The Morgan fingerprint density at radius 1 is 0.881 bits per heavy atom. The fourth-order valence-corrected chi connectivity index (χ4v) is 4.72. The third kappa shape index (κ3) is 6.82. The van der Waals surface area contributed by atoms with Crippen molar-refractivity contribution in [2.24, 2.45) is 5.92 Å². The first kappa shape index (κ1) is 32.0. The number of aliphatic hydroxyl groups is 12. The summed E-state index contributed by atoms with van der Waals surface area (Å²) >= 11 is 3.12. The van der Waals surface area contributed by atoms with Crippen molar-refractivity contribution in [3.8, 4) is 11.5 Å². The van der Waals surface area contributed by atoms with Crippen molar-refractivity contribution in [2.75, 3.05) is 5.32 Å². The summed E-state index contributed by atoms with van der Waals surface area (Å²) in [5.41, 5.74) is -0.135. The van der Waals surface area contributed by atoms with E-state index in [0.29, 0.717) is 4.47 Å². The molecular weight excluding hydrogens is 643 g/mol. The highest BCUT2D eigenvalue weighted by Crippen LogP contribution is 2.45. The lowest BCUT2D eigenvalue weighted by atomic mass is 9.88. The highest BCUT2D eigenvalue weighted by molar-refractivity contribution is 9.10. The molecule has 0 aliphatic carbocycles. The van der Waals surface area contributed by atoms with Crippen molar-refractivity contribution in [1.29, 1.82) is 0 Å². The zero-order valence-corrected chi connectivity index (χ0v) is 22.3. The molecule has 1 aromatic heterocycles. The van der Waals surface area contributed by atoms with E-state index in [9.17, 15) is 65.7 Å². The molecule has 0 atom stereocenters. The third-order valence-corrected chi connectivity index (χ3v) is 6.47. The van der Waals surface area contributed by atoms with Gasteiger partial charge in [-0.1, -0.05) is 15.9 Å². The Bertz CT molecular complexity index is 1460. The summed E-state index contributed by atoms with van der Waals surface area (Å²) in [5.74, 6) is -15.6. The molecule has 0 saturated carbocycles. The molecule has 18 nitrogen and oxygen atoms in total. The second-order valence-corrected chi connectivity index (χ2v) is 10.2. The number of nitrogens with one attached hydrogen (secondary N) is 1. The van der Waals surface area contributed by atoms with Crippen molar-refractivity contribution in [3.05, 3.63) is 46.9 Å². The monoisotopic (exact) mass is 666 g/mol. The average molecular weight is 667 g/mol. The van der Waals surface area contributed by atoms with E-state index >= 15 is 0 Å². The van der Waals surface area contributed by atoms with Crippen LogP contribution in [0, 0.1) is 11.7 Å². The number of piperidine rings is 1. The number of rotatable bonds is 8. The van der Waals surface area contributed by atoms with E-state index in [1.165, 1.54) is 12.1 Å². The van der Waals surface area contributed by atoms with Crippen LogP contribution in [0.5, 0.6) is 11.5 Å². The van der Waals surface area contributed by atoms with Gasteiger partial charge in [0, 0.05) is 28.8 Å². The number of likely N-dealkylation sites (tertiary alicyclic amines) is 1. The Morgan fingerprint density at radius 3 is 2.02 bits per heavy atom. The van der Waals surface area contributed by atoms with Crippen molar-refractivity contribution in [2.45, 2.75) is 42.9 Å². The van der Waals surface area contributed by atoms with Gasteiger partial charge in [-0.05, 0) is 24.3 Å². The maximum atomic E-state index is 14.4. The van der Waals surface area contributed by atoms with Gasteiger partial charge in [0.15, 0.2) is 11.5 Å². The van der Waals surface area contributed by atoms with Crippen LogP contribution in [-0.4, -0.2) is 106 Å². The first-order valence-corrected chi connectivity index (χ1v) is 12.3. The van der Waals surface area contributed by atoms with Gasteiger partial charge < -0.3 is 76.1 Å². The zero-order valence-electron chi connectivity index (χ0n) is 20.7. The lowest BCUT2D eigenvalue weighted by Gasteiger charge is -2.52. The van der Waals surface area contributed by atoms with E-state index in [0.717, 1.165) is 24.5 Å². The lowest BCUT2D eigenvalue weighted by Crippen LogP contribution is -2.75. The Hall–Kier alpha value is -2.93. The van der Waals surface area contributed by atoms with Crippen LogP contribution in [-0.2, 0) is 0 Å². The Balaban J connectivity index is 1.74. The van der Waals surface area contributed by atoms with Gasteiger partial charge in [-0.15, -0.1) is 4.90 Å².